The van der Waals surface area contributed by atoms with Gasteiger partial charge in [-0.05, 0) is 6.07 Å². The molecule has 0 heterocycles. The first-order valence-electron chi connectivity index (χ1n) is 2.77. The molecule has 0 atom stereocenters. The maximum absolute atomic E-state index is 10.1. The van der Waals surface area contributed by atoms with Gasteiger partial charge in [-0.3, -0.25) is 10.1 Å². The molecule has 0 amide bonds. The van der Waals surface area contributed by atoms with E-state index in [2.05, 4.69) is 0 Å². The molecule has 0 unspecified atom stereocenters. The van der Waals surface area contributed by atoms with Crippen molar-refractivity contribution in [3.05, 3.63) is 28.3 Å². The van der Waals surface area contributed by atoms with Gasteiger partial charge >= 0.3 is 29.6 Å². The third-order valence-electron chi connectivity index (χ3n) is 1.17. The van der Waals surface area contributed by atoms with Crippen LogP contribution in [-0.4, -0.2) is 15.1 Å². The van der Waals surface area contributed by atoms with Gasteiger partial charge in [0.15, 0.2) is 11.5 Å². The van der Waals surface area contributed by atoms with Gasteiger partial charge in [-0.15, -0.1) is 0 Å². The fraction of sp³-hybridized carbons (Fsp3) is 0. The van der Waals surface area contributed by atoms with Crippen LogP contribution in [0.25, 0.3) is 0 Å². The largest absolute Gasteiger partial charge is 1.00 e. The summed E-state index contributed by atoms with van der Waals surface area (Å²) in [6, 6.07) is 3.05. The molecule has 1 aromatic rings. The predicted molar refractivity (Wildman–Crippen MR) is 37.5 cm³/mol. The zero-order valence-corrected chi connectivity index (χ0v) is 8.39. The van der Waals surface area contributed by atoms with Gasteiger partial charge < -0.3 is 11.6 Å². The van der Waals surface area contributed by atoms with E-state index in [0.29, 0.717) is 0 Å². The number of nitrogens with zero attached hydrogens (tertiary/aromatic N) is 1. The molecule has 0 spiro atoms. The molecule has 1 aromatic carbocycles. The fourth-order valence-corrected chi connectivity index (χ4v) is 0.625. The minimum Gasteiger partial charge on any atom is -1.00 e. The van der Waals surface area contributed by atoms with Crippen LogP contribution in [-0.2, 0) is 0 Å². The van der Waals surface area contributed by atoms with Crippen LogP contribution in [0.2, 0.25) is 0 Å². The molecule has 60 valence electrons. The Hall–Kier alpha value is -0.780. The van der Waals surface area contributed by atoms with Crippen LogP contribution in [0.4, 0.5) is 5.69 Å². The summed E-state index contributed by atoms with van der Waals surface area (Å²) in [5.74, 6) is -0.852. The molecule has 0 aliphatic rings. The number of nitro groups is 1. The number of non-ortho nitro benzene ring substituents is 1. The SMILES string of the molecule is O=[N+]([O-])c1ccc(O)c(O)c1.[H-].[Na+]. The number of nitro benzene ring substituents is 1. The zero-order valence-electron chi connectivity index (χ0n) is 7.39. The molecule has 6 heteroatoms. The van der Waals surface area contributed by atoms with Gasteiger partial charge in [-0.1, -0.05) is 0 Å². The average molecular weight is 179 g/mol. The van der Waals surface area contributed by atoms with E-state index in [-0.39, 0.29) is 42.4 Å². The number of hydrogen-bond donors (Lipinski definition) is 2. The van der Waals surface area contributed by atoms with Crippen LogP contribution in [0.15, 0.2) is 18.2 Å². The average Bonchev–Trinajstić information content (AvgIpc) is 1.94. The maximum Gasteiger partial charge on any atom is 1.00 e. The molecule has 12 heavy (non-hydrogen) atoms. The first-order valence-corrected chi connectivity index (χ1v) is 2.77. The summed E-state index contributed by atoms with van der Waals surface area (Å²) >= 11 is 0. The number of phenols is 2. The van der Waals surface area contributed by atoms with Crippen molar-refractivity contribution in [3.8, 4) is 11.5 Å². The fourth-order valence-electron chi connectivity index (χ4n) is 0.625. The second-order valence-electron chi connectivity index (χ2n) is 1.93. The molecule has 0 fully saturated rings. The Labute approximate surface area is 91.6 Å². The molecule has 1 rings (SSSR count). The Morgan fingerprint density at radius 1 is 1.33 bits per heavy atom. The Balaban J connectivity index is 0. The molecule has 0 aromatic heterocycles. The molecule has 0 radical (unpaired) electrons. The molecule has 2 N–H and O–H groups in total. The number of phenolic OH excluding ortho intramolecular Hbond substituents is 2. The predicted octanol–water partition coefficient (Wildman–Crippen LogP) is -1.88. The van der Waals surface area contributed by atoms with Crippen molar-refractivity contribution in [2.45, 2.75) is 0 Å². The van der Waals surface area contributed by atoms with Crippen molar-refractivity contribution in [2.24, 2.45) is 0 Å². The maximum atomic E-state index is 10.1. The Bertz CT molecular complexity index is 307. The van der Waals surface area contributed by atoms with E-state index in [4.69, 9.17) is 10.2 Å². The molecule has 0 saturated carbocycles. The van der Waals surface area contributed by atoms with E-state index < -0.39 is 10.7 Å². The summed E-state index contributed by atoms with van der Waals surface area (Å²) < 4.78 is 0. The normalized spacial score (nSPS) is 8.67. The number of aromatic hydroxyl groups is 2. The second kappa shape index (κ2) is 4.30. The van der Waals surface area contributed by atoms with Gasteiger partial charge in [-0.2, -0.15) is 0 Å². The smallest absolute Gasteiger partial charge is 1.00 e. The van der Waals surface area contributed by atoms with E-state index in [1.165, 1.54) is 0 Å². The zero-order chi connectivity index (χ0) is 8.43. The van der Waals surface area contributed by atoms with Crippen LogP contribution in [0, 0.1) is 10.1 Å². The van der Waals surface area contributed by atoms with Crippen molar-refractivity contribution < 1.29 is 46.1 Å². The van der Waals surface area contributed by atoms with Crippen molar-refractivity contribution in [1.29, 1.82) is 0 Å². The van der Waals surface area contributed by atoms with E-state index >= 15 is 0 Å². The van der Waals surface area contributed by atoms with Crippen LogP contribution >= 0.6 is 0 Å². The van der Waals surface area contributed by atoms with E-state index in [1.54, 1.807) is 0 Å². The summed E-state index contributed by atoms with van der Waals surface area (Å²) in [6.07, 6.45) is 0. The van der Waals surface area contributed by atoms with Crippen LogP contribution in [0.3, 0.4) is 0 Å². The summed E-state index contributed by atoms with van der Waals surface area (Å²) in [4.78, 5) is 9.42. The second-order valence-corrected chi connectivity index (χ2v) is 1.93. The molecule has 0 saturated heterocycles. The van der Waals surface area contributed by atoms with Crippen LogP contribution in [0.1, 0.15) is 1.43 Å². The first-order chi connectivity index (χ1) is 5.11. The van der Waals surface area contributed by atoms with Gasteiger partial charge in [0.2, 0.25) is 0 Å². The van der Waals surface area contributed by atoms with Crippen LogP contribution in [0.5, 0.6) is 11.5 Å². The summed E-state index contributed by atoms with van der Waals surface area (Å²) in [5.41, 5.74) is -0.250. The topological polar surface area (TPSA) is 83.6 Å². The van der Waals surface area contributed by atoms with Gasteiger partial charge in [-0.25, -0.2) is 0 Å². The van der Waals surface area contributed by atoms with Crippen molar-refractivity contribution in [3.63, 3.8) is 0 Å². The Morgan fingerprint density at radius 3 is 2.33 bits per heavy atom. The number of rotatable bonds is 1. The third kappa shape index (κ3) is 2.37. The van der Waals surface area contributed by atoms with Crippen molar-refractivity contribution in [1.82, 2.24) is 0 Å². The monoisotopic (exact) mass is 179 g/mol. The molecule has 5 nitrogen and oxygen atoms in total. The first kappa shape index (κ1) is 11.2. The molecule has 0 aliphatic carbocycles. The molecular weight excluding hydrogens is 173 g/mol. The minimum atomic E-state index is -0.654. The summed E-state index contributed by atoms with van der Waals surface area (Å²) in [6.45, 7) is 0. The standard InChI is InChI=1S/C6H5NO4.Na.H/c8-5-2-1-4(7(10)11)3-6(5)9;;/h1-3,8-9H;;/q;+1;-1. The molecule has 0 aliphatic heterocycles. The Kier molecular flexibility index (Phi) is 4.02. The quantitative estimate of drug-likeness (QED) is 0.229. The van der Waals surface area contributed by atoms with E-state index in [0.717, 1.165) is 18.2 Å². The van der Waals surface area contributed by atoms with Gasteiger partial charge in [0.25, 0.3) is 5.69 Å². The van der Waals surface area contributed by atoms with Crippen molar-refractivity contribution >= 4 is 5.69 Å². The van der Waals surface area contributed by atoms with Gasteiger partial charge in [0.1, 0.15) is 0 Å². The van der Waals surface area contributed by atoms with E-state index in [9.17, 15) is 10.1 Å². The van der Waals surface area contributed by atoms with E-state index in [1.807, 2.05) is 0 Å². The summed E-state index contributed by atoms with van der Waals surface area (Å²) in [7, 11) is 0. The van der Waals surface area contributed by atoms with Gasteiger partial charge in [0, 0.05) is 6.07 Å². The molecule has 0 bridgehead atoms. The Morgan fingerprint density at radius 2 is 1.92 bits per heavy atom. The third-order valence-corrected chi connectivity index (χ3v) is 1.17. The van der Waals surface area contributed by atoms with Crippen molar-refractivity contribution in [2.75, 3.05) is 0 Å². The molecular formula is C6H6NNaO4. The van der Waals surface area contributed by atoms with Gasteiger partial charge in [0.05, 0.1) is 11.0 Å². The number of benzene rings is 1. The summed E-state index contributed by atoms with van der Waals surface area (Å²) in [5, 5.41) is 27.6. The number of hydrogen-bond acceptors (Lipinski definition) is 4. The van der Waals surface area contributed by atoms with Crippen LogP contribution < -0.4 is 29.6 Å². The minimum absolute atomic E-state index is 0.